The second kappa shape index (κ2) is 7.68. The molecule has 4 aliphatic rings. The molecule has 2 aromatic rings. The Kier molecular flexibility index (Phi) is 4.65. The van der Waals surface area contributed by atoms with E-state index in [1.54, 1.807) is 6.20 Å². The first kappa shape index (κ1) is 19.4. The van der Waals surface area contributed by atoms with Gasteiger partial charge in [0.1, 0.15) is 6.07 Å². The number of nitriles is 1. The van der Waals surface area contributed by atoms with Gasteiger partial charge in [-0.1, -0.05) is 6.08 Å². The van der Waals surface area contributed by atoms with Crippen molar-refractivity contribution in [3.05, 3.63) is 70.7 Å². The number of allylic oxidation sites excluding steroid dienone is 2. The number of piperazine rings is 2. The maximum absolute atomic E-state index is 9.53. The molecule has 0 unspecified atom stereocenters. The number of benzene rings is 1. The van der Waals surface area contributed by atoms with Gasteiger partial charge in [0.2, 0.25) is 0 Å². The number of hydrogen-bond acceptors (Lipinski definition) is 6. The van der Waals surface area contributed by atoms with E-state index in [0.717, 1.165) is 63.1 Å². The number of rotatable bonds is 2. The van der Waals surface area contributed by atoms with Crippen LogP contribution >= 0.6 is 0 Å². The molecule has 3 aliphatic heterocycles. The molecule has 2 saturated heterocycles. The van der Waals surface area contributed by atoms with Crippen molar-refractivity contribution in [2.75, 3.05) is 50.7 Å². The Bertz CT molecular complexity index is 1210. The molecule has 1 atom stereocenters. The van der Waals surface area contributed by atoms with Crippen molar-refractivity contribution in [3.63, 3.8) is 0 Å². The number of hydrogen-bond donors (Lipinski definition) is 1. The summed E-state index contributed by atoms with van der Waals surface area (Å²) in [6.07, 6.45) is 7.49. The highest BCUT2D eigenvalue weighted by molar-refractivity contribution is 5.95. The molecule has 0 bridgehead atoms. The third-order valence-electron chi connectivity index (χ3n) is 7.32. The zero-order valence-electron chi connectivity index (χ0n) is 18.5. The van der Waals surface area contributed by atoms with Crippen LogP contribution in [0.3, 0.4) is 0 Å². The SMILES string of the molecule is C[C@@H]1CN(c2ccc(C#N)c3ncccc23)CC2=C3CC=CC(N4CCNCC4)=C3CN21. The van der Waals surface area contributed by atoms with Gasteiger partial charge in [0, 0.05) is 79.5 Å². The van der Waals surface area contributed by atoms with E-state index in [2.05, 4.69) is 62.3 Å². The topological polar surface area (TPSA) is 58.4 Å². The third kappa shape index (κ3) is 3.00. The Labute approximate surface area is 189 Å². The van der Waals surface area contributed by atoms with Crippen LogP contribution in [0.15, 0.2) is 65.2 Å². The quantitative estimate of drug-likeness (QED) is 0.800. The Hall–Kier alpha value is -3.30. The highest BCUT2D eigenvalue weighted by Crippen LogP contribution is 2.41. The van der Waals surface area contributed by atoms with E-state index in [4.69, 9.17) is 0 Å². The van der Waals surface area contributed by atoms with E-state index in [0.29, 0.717) is 11.6 Å². The van der Waals surface area contributed by atoms with Crippen molar-refractivity contribution in [1.29, 1.82) is 5.26 Å². The van der Waals surface area contributed by atoms with Gasteiger partial charge >= 0.3 is 0 Å². The Morgan fingerprint density at radius 3 is 2.81 bits per heavy atom. The lowest BCUT2D eigenvalue weighted by molar-refractivity contribution is 0.269. The second-order valence-corrected chi connectivity index (χ2v) is 9.13. The molecule has 1 N–H and O–H groups in total. The summed E-state index contributed by atoms with van der Waals surface area (Å²) in [5.41, 5.74) is 8.57. The normalized spacial score (nSPS) is 23.0. The molecule has 1 aromatic carbocycles. The first-order valence-electron chi connectivity index (χ1n) is 11.6. The fourth-order valence-corrected chi connectivity index (χ4v) is 5.75. The minimum absolute atomic E-state index is 0.427. The third-order valence-corrected chi connectivity index (χ3v) is 7.32. The van der Waals surface area contributed by atoms with Crippen LogP contribution in [0.5, 0.6) is 0 Å². The molecule has 0 saturated carbocycles. The summed E-state index contributed by atoms with van der Waals surface area (Å²) in [6, 6.07) is 10.8. The van der Waals surface area contributed by atoms with Crippen molar-refractivity contribution in [1.82, 2.24) is 20.1 Å². The molecule has 6 rings (SSSR count). The molecule has 32 heavy (non-hydrogen) atoms. The molecule has 4 heterocycles. The molecule has 6 nitrogen and oxygen atoms in total. The van der Waals surface area contributed by atoms with Crippen LogP contribution in [0.4, 0.5) is 5.69 Å². The van der Waals surface area contributed by atoms with Crippen LogP contribution in [0.1, 0.15) is 18.9 Å². The van der Waals surface area contributed by atoms with Gasteiger partial charge in [-0.15, -0.1) is 0 Å². The molecule has 2 fully saturated rings. The van der Waals surface area contributed by atoms with Gasteiger partial charge in [-0.25, -0.2) is 0 Å². The first-order chi connectivity index (χ1) is 15.7. The molecule has 1 aliphatic carbocycles. The molecule has 6 heteroatoms. The average Bonchev–Trinajstić information content (AvgIpc) is 3.23. The number of pyridine rings is 1. The van der Waals surface area contributed by atoms with E-state index < -0.39 is 0 Å². The van der Waals surface area contributed by atoms with Gasteiger partial charge in [-0.2, -0.15) is 5.26 Å². The number of nitrogens with zero attached hydrogens (tertiary/aromatic N) is 5. The van der Waals surface area contributed by atoms with Gasteiger partial charge in [0.25, 0.3) is 0 Å². The molecular weight excluding hydrogens is 396 g/mol. The zero-order chi connectivity index (χ0) is 21.7. The average molecular weight is 425 g/mol. The van der Waals surface area contributed by atoms with Crippen LogP contribution in [0.2, 0.25) is 0 Å². The largest absolute Gasteiger partial charge is 0.369 e. The highest BCUT2D eigenvalue weighted by atomic mass is 15.3. The van der Waals surface area contributed by atoms with Gasteiger partial charge < -0.3 is 20.0 Å². The summed E-state index contributed by atoms with van der Waals surface area (Å²) < 4.78 is 0. The summed E-state index contributed by atoms with van der Waals surface area (Å²) >= 11 is 0. The monoisotopic (exact) mass is 424 g/mol. The van der Waals surface area contributed by atoms with Crippen molar-refractivity contribution in [3.8, 4) is 6.07 Å². The lowest BCUT2D eigenvalue weighted by Crippen LogP contribution is -2.49. The van der Waals surface area contributed by atoms with Crippen LogP contribution in [0, 0.1) is 11.3 Å². The van der Waals surface area contributed by atoms with Crippen molar-refractivity contribution < 1.29 is 0 Å². The first-order valence-corrected chi connectivity index (χ1v) is 11.6. The number of aromatic nitrogens is 1. The fourth-order valence-electron chi connectivity index (χ4n) is 5.75. The summed E-state index contributed by atoms with van der Waals surface area (Å²) in [6.45, 7) is 9.52. The summed E-state index contributed by atoms with van der Waals surface area (Å²) in [5.74, 6) is 0. The van der Waals surface area contributed by atoms with Crippen LogP contribution in [-0.4, -0.2) is 66.6 Å². The highest BCUT2D eigenvalue weighted by Gasteiger charge is 2.38. The fraction of sp³-hybridized carbons (Fsp3) is 0.385. The minimum Gasteiger partial charge on any atom is -0.369 e. The number of fused-ring (bicyclic) bond motifs is 3. The zero-order valence-corrected chi connectivity index (χ0v) is 18.5. The van der Waals surface area contributed by atoms with E-state index in [1.165, 1.54) is 28.2 Å². The lowest BCUT2D eigenvalue weighted by atomic mass is 9.95. The van der Waals surface area contributed by atoms with Crippen LogP contribution in [-0.2, 0) is 0 Å². The summed E-state index contributed by atoms with van der Waals surface area (Å²) in [7, 11) is 0. The standard InChI is InChI=1S/C26H28N6/c1-18-15-31(24-8-7-19(14-27)26-21(24)5-3-9-29-26)17-25-20-4-2-6-23(22(20)16-32(18)25)30-12-10-28-11-13-30/h2-3,5-9,18,28H,4,10-13,15-17H2,1H3/t18-/m1/s1. The number of nitrogens with one attached hydrogen (secondary N) is 1. The van der Waals surface area contributed by atoms with Crippen LogP contribution < -0.4 is 10.2 Å². The predicted molar refractivity (Wildman–Crippen MR) is 127 cm³/mol. The van der Waals surface area contributed by atoms with Gasteiger partial charge in [-0.3, -0.25) is 4.98 Å². The minimum atomic E-state index is 0.427. The summed E-state index contributed by atoms with van der Waals surface area (Å²) in [4.78, 5) is 12.2. The molecule has 0 spiro atoms. The number of anilines is 1. The van der Waals surface area contributed by atoms with Gasteiger partial charge in [0.05, 0.1) is 17.6 Å². The molecular formula is C26H28N6. The van der Waals surface area contributed by atoms with E-state index in [1.807, 2.05) is 12.1 Å². The van der Waals surface area contributed by atoms with Gasteiger partial charge in [0.15, 0.2) is 0 Å². The molecule has 0 amide bonds. The second-order valence-electron chi connectivity index (χ2n) is 9.13. The molecule has 1 aromatic heterocycles. The smallest absolute Gasteiger partial charge is 0.101 e. The Balaban J connectivity index is 1.40. The van der Waals surface area contributed by atoms with Crippen molar-refractivity contribution in [2.45, 2.75) is 19.4 Å². The maximum atomic E-state index is 9.53. The summed E-state index contributed by atoms with van der Waals surface area (Å²) in [5, 5.41) is 14.1. The van der Waals surface area contributed by atoms with E-state index in [9.17, 15) is 5.26 Å². The van der Waals surface area contributed by atoms with Crippen molar-refractivity contribution >= 4 is 16.6 Å². The Morgan fingerprint density at radius 2 is 1.97 bits per heavy atom. The molecule has 162 valence electrons. The van der Waals surface area contributed by atoms with Crippen molar-refractivity contribution in [2.24, 2.45) is 0 Å². The van der Waals surface area contributed by atoms with Crippen LogP contribution in [0.25, 0.3) is 10.9 Å². The molecule has 0 radical (unpaired) electrons. The predicted octanol–water partition coefficient (Wildman–Crippen LogP) is 3.00. The maximum Gasteiger partial charge on any atom is 0.101 e. The van der Waals surface area contributed by atoms with E-state index in [-0.39, 0.29) is 0 Å². The van der Waals surface area contributed by atoms with E-state index >= 15 is 0 Å². The van der Waals surface area contributed by atoms with Gasteiger partial charge in [-0.05, 0) is 49.3 Å². The lowest BCUT2D eigenvalue weighted by Gasteiger charge is -2.42. The Morgan fingerprint density at radius 1 is 1.09 bits per heavy atom.